The fourth-order valence-electron chi connectivity index (χ4n) is 1.98. The molecule has 0 saturated heterocycles. The Morgan fingerprint density at radius 2 is 2.11 bits per heavy atom. The number of hydrogen-bond acceptors (Lipinski definition) is 2. The third-order valence-electron chi connectivity index (χ3n) is 3.01. The van der Waals surface area contributed by atoms with E-state index < -0.39 is 0 Å². The molecule has 2 aromatic rings. The van der Waals surface area contributed by atoms with Gasteiger partial charge in [-0.2, -0.15) is 0 Å². The maximum Gasteiger partial charge on any atom is 0.124 e. The molecule has 4 heteroatoms. The van der Waals surface area contributed by atoms with Gasteiger partial charge in [-0.1, -0.05) is 35.8 Å². The van der Waals surface area contributed by atoms with Crippen LogP contribution in [0.5, 0.6) is 0 Å². The Morgan fingerprint density at radius 3 is 2.74 bits per heavy atom. The summed E-state index contributed by atoms with van der Waals surface area (Å²) in [5, 5.41) is 5.50. The molecule has 0 radical (unpaired) electrons. The zero-order valence-electron chi connectivity index (χ0n) is 11.0. The molecule has 0 aliphatic rings. The molecule has 1 heterocycles. The van der Waals surface area contributed by atoms with Crippen molar-refractivity contribution in [3.8, 4) is 0 Å². The van der Waals surface area contributed by atoms with Gasteiger partial charge in [-0.15, -0.1) is 11.3 Å². The Labute approximate surface area is 126 Å². The van der Waals surface area contributed by atoms with Crippen LogP contribution in [-0.4, -0.2) is 6.54 Å². The van der Waals surface area contributed by atoms with Gasteiger partial charge in [0.05, 0.1) is 0 Å². The van der Waals surface area contributed by atoms with Crippen LogP contribution in [0.2, 0.25) is 0 Å². The Bertz CT molecular complexity index is 517. The average molecular weight is 342 g/mol. The van der Waals surface area contributed by atoms with Crippen molar-refractivity contribution < 1.29 is 4.39 Å². The highest BCUT2D eigenvalue weighted by Gasteiger charge is 2.20. The second-order valence-electron chi connectivity index (χ2n) is 5.24. The second-order valence-corrected chi connectivity index (χ2v) is 7.11. The van der Waals surface area contributed by atoms with E-state index in [4.69, 9.17) is 0 Å². The monoisotopic (exact) mass is 341 g/mol. The van der Waals surface area contributed by atoms with Gasteiger partial charge in [0, 0.05) is 27.9 Å². The minimum Gasteiger partial charge on any atom is -0.312 e. The number of thiophene rings is 1. The summed E-state index contributed by atoms with van der Waals surface area (Å²) in [6.07, 6.45) is 0. The lowest BCUT2D eigenvalue weighted by Crippen LogP contribution is -2.31. The van der Waals surface area contributed by atoms with E-state index in [1.165, 1.54) is 10.9 Å². The number of hydrogen-bond donors (Lipinski definition) is 1. The van der Waals surface area contributed by atoms with E-state index in [2.05, 4.69) is 52.6 Å². The number of halogens is 2. The standard InChI is InChI=1S/C15H17BrFNS/c1-15(2,14-4-3-5-19-14)10-18-9-11-6-12(16)8-13(17)7-11/h3-8,18H,9-10H2,1-2H3. The smallest absolute Gasteiger partial charge is 0.124 e. The van der Waals surface area contributed by atoms with Gasteiger partial charge in [0.1, 0.15) is 5.82 Å². The van der Waals surface area contributed by atoms with Crippen molar-refractivity contribution in [1.29, 1.82) is 0 Å². The van der Waals surface area contributed by atoms with E-state index in [1.54, 1.807) is 17.4 Å². The molecular weight excluding hydrogens is 325 g/mol. The van der Waals surface area contributed by atoms with Crippen molar-refractivity contribution in [3.05, 3.63) is 56.4 Å². The predicted octanol–water partition coefficient (Wildman–Crippen LogP) is 4.72. The maximum atomic E-state index is 13.3. The summed E-state index contributed by atoms with van der Waals surface area (Å²) in [6.45, 7) is 5.97. The van der Waals surface area contributed by atoms with Crippen LogP contribution in [0.1, 0.15) is 24.3 Å². The summed E-state index contributed by atoms with van der Waals surface area (Å²) in [5.74, 6) is -0.205. The summed E-state index contributed by atoms with van der Waals surface area (Å²) >= 11 is 5.08. The minimum atomic E-state index is -0.205. The van der Waals surface area contributed by atoms with E-state index in [0.717, 1.165) is 16.6 Å². The third kappa shape index (κ3) is 4.13. The fraction of sp³-hybridized carbons (Fsp3) is 0.333. The van der Waals surface area contributed by atoms with Gasteiger partial charge in [-0.25, -0.2) is 4.39 Å². The molecule has 0 fully saturated rings. The fourth-order valence-corrected chi connectivity index (χ4v) is 3.35. The topological polar surface area (TPSA) is 12.0 Å². The second kappa shape index (κ2) is 6.16. The van der Waals surface area contributed by atoms with Crippen molar-refractivity contribution in [2.24, 2.45) is 0 Å². The highest BCUT2D eigenvalue weighted by molar-refractivity contribution is 9.10. The first-order chi connectivity index (χ1) is 8.97. The SMILES string of the molecule is CC(C)(CNCc1cc(F)cc(Br)c1)c1cccs1. The van der Waals surface area contributed by atoms with Crippen molar-refractivity contribution >= 4 is 27.3 Å². The van der Waals surface area contributed by atoms with Crippen molar-refractivity contribution in [2.45, 2.75) is 25.8 Å². The summed E-state index contributed by atoms with van der Waals surface area (Å²) in [7, 11) is 0. The molecule has 0 aliphatic heterocycles. The molecule has 0 spiro atoms. The summed E-state index contributed by atoms with van der Waals surface area (Å²) in [5.41, 5.74) is 1.05. The molecule has 1 aromatic carbocycles. The lowest BCUT2D eigenvalue weighted by Gasteiger charge is -2.23. The summed E-state index contributed by atoms with van der Waals surface area (Å²) < 4.78 is 14.0. The maximum absolute atomic E-state index is 13.3. The molecule has 0 aliphatic carbocycles. The Morgan fingerprint density at radius 1 is 1.32 bits per heavy atom. The average Bonchev–Trinajstić information content (AvgIpc) is 2.81. The van der Waals surface area contributed by atoms with E-state index in [0.29, 0.717) is 6.54 Å². The Kier molecular flexibility index (Phi) is 4.76. The third-order valence-corrected chi connectivity index (χ3v) is 4.70. The van der Waals surface area contributed by atoms with Gasteiger partial charge in [0.25, 0.3) is 0 Å². The van der Waals surface area contributed by atoms with Crippen LogP contribution in [0.25, 0.3) is 0 Å². The van der Waals surface area contributed by atoms with E-state index in [-0.39, 0.29) is 11.2 Å². The van der Waals surface area contributed by atoms with Crippen LogP contribution in [0.3, 0.4) is 0 Å². The molecule has 1 aromatic heterocycles. The quantitative estimate of drug-likeness (QED) is 0.829. The summed E-state index contributed by atoms with van der Waals surface area (Å²) in [4.78, 5) is 1.36. The zero-order valence-corrected chi connectivity index (χ0v) is 13.4. The number of benzene rings is 1. The van der Waals surface area contributed by atoms with Crippen LogP contribution in [0.15, 0.2) is 40.2 Å². The van der Waals surface area contributed by atoms with Gasteiger partial charge in [0.15, 0.2) is 0 Å². The molecular formula is C15H17BrFNS. The first-order valence-corrected chi connectivity index (χ1v) is 7.84. The number of rotatable bonds is 5. The van der Waals surface area contributed by atoms with Gasteiger partial charge < -0.3 is 5.32 Å². The van der Waals surface area contributed by atoms with Crippen LogP contribution in [0.4, 0.5) is 4.39 Å². The highest BCUT2D eigenvalue weighted by atomic mass is 79.9. The Hall–Kier alpha value is -0.710. The zero-order chi connectivity index (χ0) is 13.9. The van der Waals surface area contributed by atoms with E-state index >= 15 is 0 Å². The lowest BCUT2D eigenvalue weighted by molar-refractivity contribution is 0.476. The molecule has 0 saturated carbocycles. The van der Waals surface area contributed by atoms with Crippen LogP contribution < -0.4 is 5.32 Å². The molecule has 0 unspecified atom stereocenters. The minimum absolute atomic E-state index is 0.0960. The predicted molar refractivity (Wildman–Crippen MR) is 83.2 cm³/mol. The van der Waals surface area contributed by atoms with E-state index in [1.807, 2.05) is 6.07 Å². The molecule has 1 nitrogen and oxygen atoms in total. The van der Waals surface area contributed by atoms with Crippen molar-refractivity contribution in [2.75, 3.05) is 6.54 Å². The highest BCUT2D eigenvalue weighted by Crippen LogP contribution is 2.26. The van der Waals surface area contributed by atoms with Crippen LogP contribution in [0, 0.1) is 5.82 Å². The molecule has 102 valence electrons. The van der Waals surface area contributed by atoms with Gasteiger partial charge >= 0.3 is 0 Å². The lowest BCUT2D eigenvalue weighted by atomic mass is 9.91. The molecule has 2 rings (SSSR count). The first kappa shape index (κ1) is 14.7. The molecule has 1 N–H and O–H groups in total. The first-order valence-electron chi connectivity index (χ1n) is 6.17. The Balaban J connectivity index is 1.93. The molecule has 19 heavy (non-hydrogen) atoms. The van der Waals surface area contributed by atoms with Gasteiger partial charge in [0.2, 0.25) is 0 Å². The molecule has 0 bridgehead atoms. The van der Waals surface area contributed by atoms with E-state index in [9.17, 15) is 4.39 Å². The van der Waals surface area contributed by atoms with Gasteiger partial charge in [-0.3, -0.25) is 0 Å². The van der Waals surface area contributed by atoms with Crippen LogP contribution in [-0.2, 0) is 12.0 Å². The normalized spacial score (nSPS) is 11.8. The van der Waals surface area contributed by atoms with Crippen molar-refractivity contribution in [1.82, 2.24) is 5.32 Å². The van der Waals surface area contributed by atoms with Crippen molar-refractivity contribution in [3.63, 3.8) is 0 Å². The number of nitrogens with one attached hydrogen (secondary N) is 1. The molecule has 0 atom stereocenters. The summed E-state index contributed by atoms with van der Waals surface area (Å²) in [6, 6.07) is 9.21. The molecule has 0 amide bonds. The van der Waals surface area contributed by atoms with Crippen LogP contribution >= 0.6 is 27.3 Å². The van der Waals surface area contributed by atoms with Gasteiger partial charge in [-0.05, 0) is 35.2 Å². The largest absolute Gasteiger partial charge is 0.312 e.